The molecule has 1 aliphatic rings. The van der Waals surface area contributed by atoms with Crippen molar-refractivity contribution >= 4 is 15.9 Å². The second-order valence-corrected chi connectivity index (χ2v) is 5.67. The average molecular weight is 314 g/mol. The van der Waals surface area contributed by atoms with Crippen molar-refractivity contribution in [2.75, 3.05) is 20.3 Å². The van der Waals surface area contributed by atoms with Crippen LogP contribution in [0.3, 0.4) is 0 Å². The highest BCUT2D eigenvalue weighted by molar-refractivity contribution is 9.10. The van der Waals surface area contributed by atoms with Crippen LogP contribution in [-0.2, 0) is 6.54 Å². The third-order valence-electron chi connectivity index (χ3n) is 3.58. The number of piperidine rings is 1. The van der Waals surface area contributed by atoms with Gasteiger partial charge < -0.3 is 9.84 Å². The van der Waals surface area contributed by atoms with E-state index < -0.39 is 0 Å². The molecule has 1 N–H and O–H groups in total. The Morgan fingerprint density at radius 1 is 1.44 bits per heavy atom. The highest BCUT2D eigenvalue weighted by Gasteiger charge is 2.22. The Morgan fingerprint density at radius 3 is 3.00 bits per heavy atom. The molecule has 0 radical (unpaired) electrons. The molecule has 1 heterocycles. The van der Waals surface area contributed by atoms with Crippen molar-refractivity contribution in [2.45, 2.75) is 31.8 Å². The van der Waals surface area contributed by atoms with Crippen LogP contribution < -0.4 is 4.74 Å². The molecule has 0 aliphatic carbocycles. The summed E-state index contributed by atoms with van der Waals surface area (Å²) in [5, 5.41) is 9.44. The largest absolute Gasteiger partial charge is 0.496 e. The van der Waals surface area contributed by atoms with Crippen molar-refractivity contribution in [3.63, 3.8) is 0 Å². The van der Waals surface area contributed by atoms with Gasteiger partial charge in [0, 0.05) is 22.6 Å². The summed E-state index contributed by atoms with van der Waals surface area (Å²) >= 11 is 3.50. The zero-order valence-electron chi connectivity index (χ0n) is 10.7. The Balaban J connectivity index is 2.14. The lowest BCUT2D eigenvalue weighted by atomic mass is 10.0. The Kier molecular flexibility index (Phi) is 5.03. The van der Waals surface area contributed by atoms with Crippen LogP contribution in [0.15, 0.2) is 22.7 Å². The van der Waals surface area contributed by atoms with Gasteiger partial charge in [-0.25, -0.2) is 0 Å². The molecule has 0 bridgehead atoms. The lowest BCUT2D eigenvalue weighted by Gasteiger charge is -2.34. The van der Waals surface area contributed by atoms with Crippen LogP contribution in [0.5, 0.6) is 5.75 Å². The number of halogens is 1. The predicted molar refractivity (Wildman–Crippen MR) is 75.8 cm³/mol. The monoisotopic (exact) mass is 313 g/mol. The van der Waals surface area contributed by atoms with Crippen LogP contribution in [0.4, 0.5) is 0 Å². The van der Waals surface area contributed by atoms with Gasteiger partial charge >= 0.3 is 0 Å². The number of ether oxygens (including phenoxy) is 1. The molecule has 2 rings (SSSR count). The minimum atomic E-state index is 0.246. The Bertz CT molecular complexity index is 397. The molecule has 3 nitrogen and oxygen atoms in total. The van der Waals surface area contributed by atoms with Crippen molar-refractivity contribution in [1.29, 1.82) is 0 Å². The minimum Gasteiger partial charge on any atom is -0.496 e. The van der Waals surface area contributed by atoms with E-state index in [2.05, 4.69) is 26.9 Å². The summed E-state index contributed by atoms with van der Waals surface area (Å²) < 4.78 is 6.47. The van der Waals surface area contributed by atoms with Gasteiger partial charge in [-0.05, 0) is 37.6 Å². The van der Waals surface area contributed by atoms with Crippen LogP contribution in [-0.4, -0.2) is 36.3 Å². The van der Waals surface area contributed by atoms with Crippen LogP contribution >= 0.6 is 15.9 Å². The van der Waals surface area contributed by atoms with Gasteiger partial charge in [-0.3, -0.25) is 4.90 Å². The number of likely N-dealkylation sites (tertiary alicyclic amines) is 1. The Morgan fingerprint density at radius 2 is 2.28 bits per heavy atom. The van der Waals surface area contributed by atoms with Crippen molar-refractivity contribution in [3.05, 3.63) is 28.2 Å². The van der Waals surface area contributed by atoms with E-state index in [4.69, 9.17) is 4.74 Å². The second kappa shape index (κ2) is 6.55. The summed E-state index contributed by atoms with van der Waals surface area (Å²) in [6, 6.07) is 6.36. The summed E-state index contributed by atoms with van der Waals surface area (Å²) in [6.07, 6.45) is 3.52. The molecule has 1 aliphatic heterocycles. The molecule has 1 atom stereocenters. The SMILES string of the molecule is COc1ccc(Br)cc1CN1CCCCC1CO. The summed E-state index contributed by atoms with van der Waals surface area (Å²) in [6.45, 7) is 2.14. The fourth-order valence-electron chi connectivity index (χ4n) is 2.56. The van der Waals surface area contributed by atoms with E-state index in [0.29, 0.717) is 6.04 Å². The van der Waals surface area contributed by atoms with E-state index in [1.165, 1.54) is 18.4 Å². The molecule has 18 heavy (non-hydrogen) atoms. The van der Waals surface area contributed by atoms with Crippen molar-refractivity contribution < 1.29 is 9.84 Å². The van der Waals surface area contributed by atoms with E-state index in [9.17, 15) is 5.11 Å². The van der Waals surface area contributed by atoms with Gasteiger partial charge in [0.25, 0.3) is 0 Å². The van der Waals surface area contributed by atoms with E-state index in [1.807, 2.05) is 12.1 Å². The minimum absolute atomic E-state index is 0.246. The number of hydrogen-bond acceptors (Lipinski definition) is 3. The van der Waals surface area contributed by atoms with E-state index >= 15 is 0 Å². The first-order chi connectivity index (χ1) is 8.74. The zero-order valence-corrected chi connectivity index (χ0v) is 12.3. The van der Waals surface area contributed by atoms with Gasteiger partial charge in [0.2, 0.25) is 0 Å². The van der Waals surface area contributed by atoms with Crippen molar-refractivity contribution in [3.8, 4) is 5.75 Å². The summed E-state index contributed by atoms with van der Waals surface area (Å²) in [5.41, 5.74) is 1.17. The molecule has 1 fully saturated rings. The zero-order chi connectivity index (χ0) is 13.0. The van der Waals surface area contributed by atoms with Crippen LogP contribution in [0.2, 0.25) is 0 Å². The molecular formula is C14H20BrNO2. The Labute approximate surface area is 117 Å². The molecule has 0 spiro atoms. The molecule has 100 valence electrons. The fraction of sp³-hybridized carbons (Fsp3) is 0.571. The first-order valence-electron chi connectivity index (χ1n) is 6.42. The number of aliphatic hydroxyl groups excluding tert-OH is 1. The van der Waals surface area contributed by atoms with Crippen LogP contribution in [0, 0.1) is 0 Å². The smallest absolute Gasteiger partial charge is 0.123 e. The quantitative estimate of drug-likeness (QED) is 0.927. The number of aliphatic hydroxyl groups is 1. The number of methoxy groups -OCH3 is 1. The lowest BCUT2D eigenvalue weighted by molar-refractivity contribution is 0.0834. The van der Waals surface area contributed by atoms with Gasteiger partial charge in [0.05, 0.1) is 13.7 Å². The normalized spacial score (nSPS) is 20.9. The van der Waals surface area contributed by atoms with Crippen molar-refractivity contribution in [1.82, 2.24) is 4.90 Å². The molecule has 1 saturated heterocycles. The fourth-order valence-corrected chi connectivity index (χ4v) is 2.97. The maximum absolute atomic E-state index is 9.44. The predicted octanol–water partition coefficient (Wildman–Crippen LogP) is 2.80. The number of hydrogen-bond donors (Lipinski definition) is 1. The highest BCUT2D eigenvalue weighted by Crippen LogP contribution is 2.27. The van der Waals surface area contributed by atoms with E-state index in [0.717, 1.165) is 29.7 Å². The van der Waals surface area contributed by atoms with E-state index in [1.54, 1.807) is 7.11 Å². The number of nitrogens with zero attached hydrogens (tertiary/aromatic N) is 1. The third-order valence-corrected chi connectivity index (χ3v) is 4.07. The van der Waals surface area contributed by atoms with Crippen molar-refractivity contribution in [2.24, 2.45) is 0 Å². The average Bonchev–Trinajstić information content (AvgIpc) is 2.40. The van der Waals surface area contributed by atoms with E-state index in [-0.39, 0.29) is 6.61 Å². The maximum Gasteiger partial charge on any atom is 0.123 e. The molecule has 0 saturated carbocycles. The molecule has 4 heteroatoms. The van der Waals surface area contributed by atoms with Gasteiger partial charge in [0.15, 0.2) is 0 Å². The molecule has 0 aromatic heterocycles. The first-order valence-corrected chi connectivity index (χ1v) is 7.21. The van der Waals surface area contributed by atoms with Gasteiger partial charge in [-0.15, -0.1) is 0 Å². The maximum atomic E-state index is 9.44. The molecule has 1 aromatic rings. The Hall–Kier alpha value is -0.580. The second-order valence-electron chi connectivity index (χ2n) is 4.76. The highest BCUT2D eigenvalue weighted by atomic mass is 79.9. The molecular weight excluding hydrogens is 294 g/mol. The van der Waals surface area contributed by atoms with Gasteiger partial charge in [-0.1, -0.05) is 22.4 Å². The summed E-state index contributed by atoms with van der Waals surface area (Å²) in [4.78, 5) is 2.35. The molecule has 1 aromatic carbocycles. The molecule has 0 amide bonds. The standard InChI is InChI=1S/C14H20BrNO2/c1-18-14-6-5-12(15)8-11(14)9-16-7-3-2-4-13(16)10-17/h5-6,8,13,17H,2-4,7,9-10H2,1H3. The summed E-state index contributed by atoms with van der Waals surface area (Å²) in [5.74, 6) is 0.917. The van der Waals surface area contributed by atoms with Crippen LogP contribution in [0.25, 0.3) is 0 Å². The lowest BCUT2D eigenvalue weighted by Crippen LogP contribution is -2.41. The summed E-state index contributed by atoms with van der Waals surface area (Å²) in [7, 11) is 1.70. The van der Waals surface area contributed by atoms with Gasteiger partial charge in [-0.2, -0.15) is 0 Å². The number of benzene rings is 1. The first kappa shape index (κ1) is 13.8. The molecule has 1 unspecified atom stereocenters. The van der Waals surface area contributed by atoms with Crippen LogP contribution in [0.1, 0.15) is 24.8 Å². The topological polar surface area (TPSA) is 32.7 Å². The number of rotatable bonds is 4. The third kappa shape index (κ3) is 3.25. The van der Waals surface area contributed by atoms with Gasteiger partial charge in [0.1, 0.15) is 5.75 Å².